The molecule has 0 spiro atoms. The number of nitrogens with zero attached hydrogens (tertiary/aromatic N) is 2. The maximum Gasteiger partial charge on any atom is 0.244 e. The molecule has 8 nitrogen and oxygen atoms in total. The molecule has 0 aliphatic carbocycles. The summed E-state index contributed by atoms with van der Waals surface area (Å²) >= 11 is 0. The van der Waals surface area contributed by atoms with Gasteiger partial charge in [0.1, 0.15) is 12.3 Å². The summed E-state index contributed by atoms with van der Waals surface area (Å²) in [4.78, 5) is 25.1. The summed E-state index contributed by atoms with van der Waals surface area (Å²) in [5, 5.41) is 6.47. The van der Waals surface area contributed by atoms with Gasteiger partial charge in [-0.05, 0) is 19.1 Å². The molecule has 0 atom stereocenters. The summed E-state index contributed by atoms with van der Waals surface area (Å²) in [5.74, 6) is 1.39. The van der Waals surface area contributed by atoms with E-state index in [-0.39, 0.29) is 25.2 Å². The van der Waals surface area contributed by atoms with Gasteiger partial charge in [0.25, 0.3) is 0 Å². The highest BCUT2D eigenvalue weighted by Gasteiger charge is 2.20. The van der Waals surface area contributed by atoms with Crippen molar-refractivity contribution in [2.24, 2.45) is 0 Å². The fraction of sp³-hybridized carbons (Fsp3) is 0.267. The lowest BCUT2D eigenvalue weighted by atomic mass is 10.2. The van der Waals surface area contributed by atoms with Crippen LogP contribution in [0.5, 0.6) is 11.5 Å². The van der Waals surface area contributed by atoms with Gasteiger partial charge >= 0.3 is 0 Å². The second-order valence-electron chi connectivity index (χ2n) is 5.02. The zero-order valence-electron chi connectivity index (χ0n) is 12.7. The van der Waals surface area contributed by atoms with Crippen LogP contribution in [-0.2, 0) is 9.59 Å². The Morgan fingerprint density at radius 2 is 2.04 bits per heavy atom. The average molecular weight is 317 g/mol. The van der Waals surface area contributed by atoms with Crippen molar-refractivity contribution in [3.63, 3.8) is 0 Å². The number of rotatable bonds is 4. The molecule has 2 aromatic rings. The van der Waals surface area contributed by atoms with E-state index in [1.165, 1.54) is 11.8 Å². The molecule has 1 aliphatic heterocycles. The van der Waals surface area contributed by atoms with Gasteiger partial charge in [-0.15, -0.1) is 0 Å². The highest BCUT2D eigenvalue weighted by Crippen LogP contribution is 2.34. The van der Waals surface area contributed by atoms with Gasteiger partial charge in [0.2, 0.25) is 18.6 Å². The Bertz CT molecular complexity index is 755. The summed E-state index contributed by atoms with van der Waals surface area (Å²) in [6.07, 6.45) is 0. The Labute approximate surface area is 131 Å². The number of ether oxygens (including phenoxy) is 2. The highest BCUT2D eigenvalue weighted by atomic mass is 16.7. The number of benzene rings is 1. The fourth-order valence-electron chi connectivity index (χ4n) is 2.15. The van der Waals surface area contributed by atoms with Crippen LogP contribution in [-0.4, -0.2) is 30.3 Å². The standard InChI is InChI=1S/C15H15N3O5/c1-9-5-14(17-23-9)18(10(2)19)7-15(20)16-11-3-4-12-13(6-11)22-8-21-12/h3-6H,7-8H2,1-2H3,(H,16,20). The fourth-order valence-corrected chi connectivity index (χ4v) is 2.15. The van der Waals surface area contributed by atoms with Gasteiger partial charge in [-0.1, -0.05) is 5.16 Å². The minimum absolute atomic E-state index is 0.163. The number of carbonyl (C=O) groups excluding carboxylic acids is 2. The lowest BCUT2D eigenvalue weighted by Gasteiger charge is -2.17. The number of aryl methyl sites for hydroxylation is 1. The van der Waals surface area contributed by atoms with Gasteiger partial charge < -0.3 is 19.3 Å². The Morgan fingerprint density at radius 1 is 1.26 bits per heavy atom. The molecule has 0 fully saturated rings. The van der Waals surface area contributed by atoms with Gasteiger partial charge in [-0.25, -0.2) is 0 Å². The molecule has 1 aliphatic rings. The molecule has 8 heteroatoms. The number of hydrogen-bond donors (Lipinski definition) is 1. The molecule has 0 radical (unpaired) electrons. The molecule has 0 saturated heterocycles. The van der Waals surface area contributed by atoms with Crippen LogP contribution in [0.15, 0.2) is 28.8 Å². The van der Waals surface area contributed by atoms with Crippen LogP contribution in [0.4, 0.5) is 11.5 Å². The lowest BCUT2D eigenvalue weighted by molar-refractivity contribution is -0.120. The van der Waals surface area contributed by atoms with Crippen molar-refractivity contribution < 1.29 is 23.6 Å². The van der Waals surface area contributed by atoms with E-state index in [1.807, 2.05) is 0 Å². The molecule has 2 heterocycles. The molecule has 23 heavy (non-hydrogen) atoms. The average Bonchev–Trinajstić information content (AvgIpc) is 3.12. The van der Waals surface area contributed by atoms with E-state index >= 15 is 0 Å². The predicted octanol–water partition coefficient (Wildman–Crippen LogP) is 1.70. The maximum atomic E-state index is 12.2. The van der Waals surface area contributed by atoms with E-state index in [0.29, 0.717) is 28.8 Å². The number of fused-ring (bicyclic) bond motifs is 1. The molecule has 2 amide bonds. The summed E-state index contributed by atoms with van der Waals surface area (Å²) < 4.78 is 15.4. The number of carbonyl (C=O) groups is 2. The molecule has 1 aromatic carbocycles. The van der Waals surface area contributed by atoms with Crippen molar-refractivity contribution >= 4 is 23.3 Å². The minimum atomic E-state index is -0.361. The number of aromatic nitrogens is 1. The van der Waals surface area contributed by atoms with Crippen LogP contribution in [0.25, 0.3) is 0 Å². The lowest BCUT2D eigenvalue weighted by Crippen LogP contribution is -2.36. The molecule has 3 rings (SSSR count). The highest BCUT2D eigenvalue weighted by molar-refractivity contribution is 6.01. The van der Waals surface area contributed by atoms with Crippen molar-refractivity contribution in [3.8, 4) is 11.5 Å². The number of anilines is 2. The SMILES string of the molecule is CC(=O)N(CC(=O)Nc1ccc2c(c1)OCO2)c1cc(C)on1. The minimum Gasteiger partial charge on any atom is -0.454 e. The zero-order chi connectivity index (χ0) is 16.4. The van der Waals surface area contributed by atoms with Crippen molar-refractivity contribution in [2.45, 2.75) is 13.8 Å². The summed E-state index contributed by atoms with van der Waals surface area (Å²) in [6.45, 7) is 3.06. The quantitative estimate of drug-likeness (QED) is 0.922. The van der Waals surface area contributed by atoms with Crippen molar-refractivity contribution in [1.82, 2.24) is 5.16 Å². The molecule has 1 N–H and O–H groups in total. The first kappa shape index (κ1) is 14.9. The van der Waals surface area contributed by atoms with Crippen LogP contribution in [0, 0.1) is 6.92 Å². The van der Waals surface area contributed by atoms with Crippen LogP contribution in [0.1, 0.15) is 12.7 Å². The van der Waals surface area contributed by atoms with Crippen LogP contribution >= 0.6 is 0 Å². The molecule has 1 aromatic heterocycles. The summed E-state index contributed by atoms with van der Waals surface area (Å²) in [5.41, 5.74) is 0.555. The van der Waals surface area contributed by atoms with Gasteiger partial charge in [0, 0.05) is 24.7 Å². The monoisotopic (exact) mass is 317 g/mol. The first-order valence-electron chi connectivity index (χ1n) is 6.94. The van der Waals surface area contributed by atoms with Crippen molar-refractivity contribution in [2.75, 3.05) is 23.6 Å². The van der Waals surface area contributed by atoms with E-state index in [4.69, 9.17) is 14.0 Å². The van der Waals surface area contributed by atoms with E-state index in [0.717, 1.165) is 0 Å². The number of hydrogen-bond acceptors (Lipinski definition) is 6. The molecule has 0 saturated carbocycles. The normalized spacial score (nSPS) is 12.1. The predicted molar refractivity (Wildman–Crippen MR) is 80.5 cm³/mol. The molecule has 120 valence electrons. The molecule has 0 unspecified atom stereocenters. The topological polar surface area (TPSA) is 93.9 Å². The van der Waals surface area contributed by atoms with E-state index < -0.39 is 0 Å². The van der Waals surface area contributed by atoms with Crippen LogP contribution in [0.3, 0.4) is 0 Å². The van der Waals surface area contributed by atoms with E-state index in [2.05, 4.69) is 10.5 Å². The Balaban J connectivity index is 1.69. The van der Waals surface area contributed by atoms with Crippen molar-refractivity contribution in [3.05, 3.63) is 30.0 Å². The van der Waals surface area contributed by atoms with Crippen molar-refractivity contribution in [1.29, 1.82) is 0 Å². The first-order valence-corrected chi connectivity index (χ1v) is 6.94. The molecule has 0 bridgehead atoms. The molecular weight excluding hydrogens is 302 g/mol. The maximum absolute atomic E-state index is 12.2. The Morgan fingerprint density at radius 3 is 2.74 bits per heavy atom. The summed E-state index contributed by atoms with van der Waals surface area (Å²) in [7, 11) is 0. The Hall–Kier alpha value is -3.03. The largest absolute Gasteiger partial charge is 0.454 e. The number of nitrogens with one attached hydrogen (secondary N) is 1. The number of amides is 2. The first-order chi connectivity index (χ1) is 11.0. The zero-order valence-corrected chi connectivity index (χ0v) is 12.7. The second-order valence-corrected chi connectivity index (χ2v) is 5.02. The van der Waals surface area contributed by atoms with Crippen LogP contribution < -0.4 is 19.7 Å². The summed E-state index contributed by atoms with van der Waals surface area (Å²) in [6, 6.07) is 6.67. The van der Waals surface area contributed by atoms with Gasteiger partial charge in [-0.2, -0.15) is 0 Å². The second kappa shape index (κ2) is 5.99. The Kier molecular flexibility index (Phi) is 3.88. The smallest absolute Gasteiger partial charge is 0.244 e. The van der Waals surface area contributed by atoms with Gasteiger partial charge in [0.15, 0.2) is 17.3 Å². The van der Waals surface area contributed by atoms with Gasteiger partial charge in [0.05, 0.1) is 0 Å². The third-order valence-electron chi connectivity index (χ3n) is 3.23. The van der Waals surface area contributed by atoms with E-state index in [9.17, 15) is 9.59 Å². The van der Waals surface area contributed by atoms with Crippen LogP contribution in [0.2, 0.25) is 0 Å². The van der Waals surface area contributed by atoms with E-state index in [1.54, 1.807) is 31.2 Å². The third-order valence-corrected chi connectivity index (χ3v) is 3.23. The third kappa shape index (κ3) is 3.25. The van der Waals surface area contributed by atoms with Gasteiger partial charge in [-0.3, -0.25) is 14.5 Å². The molecular formula is C15H15N3O5.